The fourth-order valence-corrected chi connectivity index (χ4v) is 2.94. The average Bonchev–Trinajstić information content (AvgIpc) is 2.57. The van der Waals surface area contributed by atoms with Crippen LogP contribution in [-0.2, 0) is 9.53 Å². The summed E-state index contributed by atoms with van der Waals surface area (Å²) in [4.78, 5) is 11.0. The molecule has 144 valence electrons. The Balaban J connectivity index is 0. The third-order valence-corrected chi connectivity index (χ3v) is 4.58. The van der Waals surface area contributed by atoms with Gasteiger partial charge in [-0.2, -0.15) is 0 Å². The molecule has 1 unspecified atom stereocenters. The molecule has 0 aliphatic heterocycles. The van der Waals surface area contributed by atoms with E-state index in [4.69, 9.17) is 9.84 Å². The molecule has 0 heterocycles. The maximum absolute atomic E-state index is 11.0. The van der Waals surface area contributed by atoms with Crippen molar-refractivity contribution in [2.75, 3.05) is 6.61 Å². The van der Waals surface area contributed by atoms with Crippen LogP contribution in [0.3, 0.4) is 0 Å². The molecular weight excluding hydrogens is 323 g/mol. The first kappa shape index (κ1) is 27.6. The molecule has 4 heteroatoms. The number of aliphatic hydroxyl groups excluding tert-OH is 1. The van der Waals surface area contributed by atoms with Crippen LogP contribution in [0, 0.1) is 0 Å². The molecule has 25 heavy (non-hydrogen) atoms. The zero-order chi connectivity index (χ0) is 17.9. The van der Waals surface area contributed by atoms with Crippen LogP contribution in [0.25, 0.3) is 0 Å². The van der Waals surface area contributed by atoms with Crippen LogP contribution in [0.1, 0.15) is 117 Å². The minimum atomic E-state index is -0.994. The summed E-state index contributed by atoms with van der Waals surface area (Å²) in [7, 11) is 0. The predicted molar refractivity (Wildman–Crippen MR) is 102 cm³/mol. The SMILES string of the molecule is CCCCCCCCCCCCCCCCCCOC(=O)C(C)O.[Na+]. The topological polar surface area (TPSA) is 46.5 Å². The second kappa shape index (κ2) is 22.5. The number of hydrogen-bond acceptors (Lipinski definition) is 3. The van der Waals surface area contributed by atoms with Gasteiger partial charge in [-0.05, 0) is 13.3 Å². The summed E-state index contributed by atoms with van der Waals surface area (Å²) in [6, 6.07) is 0. The number of unbranched alkanes of at least 4 members (excludes halogenated alkanes) is 15. The maximum atomic E-state index is 11.0. The zero-order valence-corrected chi connectivity index (χ0v) is 19.4. The van der Waals surface area contributed by atoms with Gasteiger partial charge < -0.3 is 9.84 Å². The summed E-state index contributed by atoms with van der Waals surface area (Å²) >= 11 is 0. The van der Waals surface area contributed by atoms with Crippen molar-refractivity contribution in [1.82, 2.24) is 0 Å². The maximum Gasteiger partial charge on any atom is 1.00 e. The van der Waals surface area contributed by atoms with Crippen LogP contribution in [0.15, 0.2) is 0 Å². The zero-order valence-electron chi connectivity index (χ0n) is 17.4. The van der Waals surface area contributed by atoms with E-state index in [1.165, 1.54) is 96.8 Å². The van der Waals surface area contributed by atoms with Gasteiger partial charge in [0, 0.05) is 0 Å². The van der Waals surface area contributed by atoms with Gasteiger partial charge in [0.1, 0.15) is 6.10 Å². The van der Waals surface area contributed by atoms with Crippen LogP contribution in [-0.4, -0.2) is 23.8 Å². The average molecular weight is 366 g/mol. The molecular formula is C21H42NaO3+. The molecule has 0 aliphatic rings. The molecule has 0 saturated heterocycles. The smallest absolute Gasteiger partial charge is 0.464 e. The van der Waals surface area contributed by atoms with Crippen molar-refractivity contribution in [2.24, 2.45) is 0 Å². The van der Waals surface area contributed by atoms with Gasteiger partial charge in [0.15, 0.2) is 0 Å². The van der Waals surface area contributed by atoms with Crippen LogP contribution in [0.5, 0.6) is 0 Å². The van der Waals surface area contributed by atoms with E-state index in [9.17, 15) is 4.79 Å². The number of aliphatic hydroxyl groups is 1. The largest absolute Gasteiger partial charge is 1.00 e. The predicted octanol–water partition coefficient (Wildman–Crippen LogP) is 3.18. The first-order chi connectivity index (χ1) is 11.7. The normalized spacial score (nSPS) is 11.8. The molecule has 1 N–H and O–H groups in total. The van der Waals surface area contributed by atoms with E-state index in [1.54, 1.807) is 0 Å². The molecule has 0 radical (unpaired) electrons. The van der Waals surface area contributed by atoms with E-state index in [2.05, 4.69) is 6.92 Å². The summed E-state index contributed by atoms with van der Waals surface area (Å²) < 4.78 is 4.93. The molecule has 0 bridgehead atoms. The standard InChI is InChI=1S/C21H42O3.Na/c1-3-4-5-6-7-8-9-10-11-12-13-14-15-16-17-18-19-24-21(23)20(2)22;/h20,22H,3-19H2,1-2H3;/q;+1. The van der Waals surface area contributed by atoms with Crippen LogP contribution < -0.4 is 29.6 Å². The van der Waals surface area contributed by atoms with Gasteiger partial charge in [-0.1, -0.05) is 103 Å². The number of rotatable bonds is 18. The van der Waals surface area contributed by atoms with Gasteiger partial charge in [0.25, 0.3) is 0 Å². The molecule has 0 aromatic rings. The van der Waals surface area contributed by atoms with E-state index in [0.29, 0.717) is 6.61 Å². The first-order valence-corrected chi connectivity index (χ1v) is 10.5. The van der Waals surface area contributed by atoms with E-state index in [-0.39, 0.29) is 29.6 Å². The first-order valence-electron chi connectivity index (χ1n) is 10.5. The summed E-state index contributed by atoms with van der Waals surface area (Å²) in [5, 5.41) is 8.98. The number of esters is 1. The van der Waals surface area contributed by atoms with Gasteiger partial charge in [0.2, 0.25) is 0 Å². The number of carbonyl (C=O) groups excluding carboxylic acids is 1. The monoisotopic (exact) mass is 365 g/mol. The minimum absolute atomic E-state index is 0. The number of hydrogen-bond donors (Lipinski definition) is 1. The molecule has 0 amide bonds. The summed E-state index contributed by atoms with van der Waals surface area (Å²) in [5.74, 6) is -0.504. The van der Waals surface area contributed by atoms with Crippen molar-refractivity contribution in [3.05, 3.63) is 0 Å². The summed E-state index contributed by atoms with van der Waals surface area (Å²) in [5.41, 5.74) is 0. The van der Waals surface area contributed by atoms with Gasteiger partial charge in [-0.25, -0.2) is 4.79 Å². The van der Waals surface area contributed by atoms with Gasteiger partial charge in [0.05, 0.1) is 6.61 Å². The molecule has 0 rings (SSSR count). The van der Waals surface area contributed by atoms with Crippen molar-refractivity contribution >= 4 is 5.97 Å². The third-order valence-electron chi connectivity index (χ3n) is 4.58. The molecule has 0 aromatic carbocycles. The third kappa shape index (κ3) is 22.4. The Kier molecular flexibility index (Phi) is 24.9. The molecule has 0 aromatic heterocycles. The Morgan fingerprint density at radius 2 is 1.04 bits per heavy atom. The van der Waals surface area contributed by atoms with Gasteiger partial charge in [-0.15, -0.1) is 0 Å². The van der Waals surface area contributed by atoms with E-state index < -0.39 is 12.1 Å². The quantitative estimate of drug-likeness (QED) is 0.231. The van der Waals surface area contributed by atoms with E-state index >= 15 is 0 Å². The molecule has 0 saturated carbocycles. The molecule has 0 aliphatic carbocycles. The Morgan fingerprint density at radius 3 is 1.36 bits per heavy atom. The Morgan fingerprint density at radius 1 is 0.720 bits per heavy atom. The number of carbonyl (C=O) groups is 1. The van der Waals surface area contributed by atoms with E-state index in [0.717, 1.165) is 12.8 Å². The van der Waals surface area contributed by atoms with Gasteiger partial charge in [-0.3, -0.25) is 0 Å². The Bertz CT molecular complexity index is 270. The number of ether oxygens (including phenoxy) is 1. The van der Waals surface area contributed by atoms with Crippen LogP contribution >= 0.6 is 0 Å². The van der Waals surface area contributed by atoms with Crippen LogP contribution in [0.2, 0.25) is 0 Å². The minimum Gasteiger partial charge on any atom is -0.464 e. The van der Waals surface area contributed by atoms with Crippen molar-refractivity contribution < 1.29 is 44.2 Å². The van der Waals surface area contributed by atoms with Crippen molar-refractivity contribution in [1.29, 1.82) is 0 Å². The van der Waals surface area contributed by atoms with E-state index in [1.807, 2.05) is 0 Å². The molecule has 0 fully saturated rings. The van der Waals surface area contributed by atoms with Crippen molar-refractivity contribution in [3.63, 3.8) is 0 Å². The fraction of sp³-hybridized carbons (Fsp3) is 0.952. The Hall–Kier alpha value is 0.430. The summed E-state index contributed by atoms with van der Waals surface area (Å²) in [6.07, 6.45) is 20.4. The fourth-order valence-electron chi connectivity index (χ4n) is 2.94. The van der Waals surface area contributed by atoms with Gasteiger partial charge >= 0.3 is 35.5 Å². The van der Waals surface area contributed by atoms with Crippen LogP contribution in [0.4, 0.5) is 0 Å². The van der Waals surface area contributed by atoms with Crippen molar-refractivity contribution in [2.45, 2.75) is 123 Å². The summed E-state index contributed by atoms with van der Waals surface area (Å²) in [6.45, 7) is 4.16. The second-order valence-electron chi connectivity index (χ2n) is 7.15. The molecule has 3 nitrogen and oxygen atoms in total. The van der Waals surface area contributed by atoms with Crippen molar-refractivity contribution in [3.8, 4) is 0 Å². The molecule has 0 spiro atoms. The Labute approximate surface area is 179 Å². The second-order valence-corrected chi connectivity index (χ2v) is 7.15. The molecule has 1 atom stereocenters.